The molecule has 0 spiro atoms. The number of nitrogens with zero attached hydrogens (tertiary/aromatic N) is 2. The molecule has 2 aromatic rings. The predicted molar refractivity (Wildman–Crippen MR) is 65.7 cm³/mol. The van der Waals surface area contributed by atoms with E-state index < -0.39 is 0 Å². The van der Waals surface area contributed by atoms with Crippen molar-refractivity contribution < 1.29 is 0 Å². The van der Waals surface area contributed by atoms with Gasteiger partial charge in [-0.2, -0.15) is 4.98 Å². The molecule has 16 heavy (non-hydrogen) atoms. The second-order valence-electron chi connectivity index (χ2n) is 3.24. The molecule has 0 bridgehead atoms. The van der Waals surface area contributed by atoms with Crippen molar-refractivity contribution in [1.82, 2.24) is 9.97 Å². The van der Waals surface area contributed by atoms with E-state index in [0.29, 0.717) is 17.5 Å². The van der Waals surface area contributed by atoms with Crippen molar-refractivity contribution in [3.05, 3.63) is 36.5 Å². The van der Waals surface area contributed by atoms with Crippen molar-refractivity contribution in [2.45, 2.75) is 0 Å². The smallest absolute Gasteiger partial charge is 0.229 e. The van der Waals surface area contributed by atoms with Crippen molar-refractivity contribution in [3.63, 3.8) is 0 Å². The highest BCUT2D eigenvalue weighted by molar-refractivity contribution is 5.63. The predicted octanol–water partition coefficient (Wildman–Crippen LogP) is 1.84. The zero-order chi connectivity index (χ0) is 11.4. The van der Waals surface area contributed by atoms with E-state index in [4.69, 9.17) is 5.73 Å². The van der Waals surface area contributed by atoms with E-state index in [2.05, 4.69) is 20.6 Å². The molecule has 1 heterocycles. The lowest BCUT2D eigenvalue weighted by Crippen LogP contribution is -2.03. The van der Waals surface area contributed by atoms with Crippen LogP contribution in [-0.2, 0) is 0 Å². The van der Waals surface area contributed by atoms with E-state index in [0.717, 1.165) is 5.69 Å². The maximum atomic E-state index is 5.68. The minimum atomic E-state index is 0.518. The Morgan fingerprint density at radius 2 is 1.94 bits per heavy atom. The van der Waals surface area contributed by atoms with Crippen molar-refractivity contribution in [1.29, 1.82) is 0 Å². The third-order valence-corrected chi connectivity index (χ3v) is 2.08. The maximum Gasteiger partial charge on any atom is 0.229 e. The number of para-hydroxylation sites is 1. The van der Waals surface area contributed by atoms with Crippen LogP contribution in [0.3, 0.4) is 0 Å². The zero-order valence-electron chi connectivity index (χ0n) is 8.94. The van der Waals surface area contributed by atoms with Crippen molar-refractivity contribution >= 4 is 23.1 Å². The van der Waals surface area contributed by atoms with Gasteiger partial charge < -0.3 is 16.4 Å². The Morgan fingerprint density at radius 1 is 1.19 bits per heavy atom. The number of aromatic nitrogens is 2. The lowest BCUT2D eigenvalue weighted by molar-refractivity contribution is 1.16. The minimum absolute atomic E-state index is 0.518. The molecule has 0 saturated heterocycles. The molecule has 0 unspecified atom stereocenters. The van der Waals surface area contributed by atoms with Gasteiger partial charge in [0.05, 0.1) is 11.9 Å². The summed E-state index contributed by atoms with van der Waals surface area (Å²) in [5.74, 6) is 1.14. The van der Waals surface area contributed by atoms with Crippen molar-refractivity contribution in [2.24, 2.45) is 0 Å². The third kappa shape index (κ3) is 2.20. The summed E-state index contributed by atoms with van der Waals surface area (Å²) in [5, 5.41) is 5.99. The minimum Gasteiger partial charge on any atom is -0.394 e. The zero-order valence-corrected chi connectivity index (χ0v) is 8.94. The van der Waals surface area contributed by atoms with Gasteiger partial charge in [0.15, 0.2) is 5.82 Å². The first-order chi connectivity index (χ1) is 7.79. The van der Waals surface area contributed by atoms with Gasteiger partial charge in [0.1, 0.15) is 0 Å². The van der Waals surface area contributed by atoms with Gasteiger partial charge in [-0.3, -0.25) is 0 Å². The van der Waals surface area contributed by atoms with Gasteiger partial charge in [-0.25, -0.2) is 4.98 Å². The Bertz CT molecular complexity index is 469. The molecule has 2 rings (SSSR count). The van der Waals surface area contributed by atoms with Crippen LogP contribution in [-0.4, -0.2) is 17.0 Å². The summed E-state index contributed by atoms with van der Waals surface area (Å²) in [6.45, 7) is 0. The molecular formula is C11H13N5. The van der Waals surface area contributed by atoms with Crippen molar-refractivity contribution in [2.75, 3.05) is 23.4 Å². The first-order valence-electron chi connectivity index (χ1n) is 4.92. The van der Waals surface area contributed by atoms with E-state index in [1.165, 1.54) is 0 Å². The molecule has 0 saturated carbocycles. The summed E-state index contributed by atoms with van der Waals surface area (Å²) in [7, 11) is 1.77. The summed E-state index contributed by atoms with van der Waals surface area (Å²) in [5.41, 5.74) is 7.15. The molecule has 0 fully saturated rings. The van der Waals surface area contributed by atoms with Crippen LogP contribution in [0.1, 0.15) is 0 Å². The van der Waals surface area contributed by atoms with Gasteiger partial charge in [0.2, 0.25) is 5.95 Å². The molecule has 0 atom stereocenters. The number of hydrogen-bond acceptors (Lipinski definition) is 5. The third-order valence-electron chi connectivity index (χ3n) is 2.08. The molecular weight excluding hydrogens is 202 g/mol. The van der Waals surface area contributed by atoms with E-state index in [9.17, 15) is 0 Å². The normalized spacial score (nSPS) is 9.81. The number of anilines is 4. The number of nitrogens with two attached hydrogens (primary N) is 1. The monoisotopic (exact) mass is 215 g/mol. The molecule has 0 aliphatic rings. The average Bonchev–Trinajstić information content (AvgIpc) is 2.33. The highest BCUT2D eigenvalue weighted by atomic mass is 15.1. The first kappa shape index (κ1) is 10.2. The fourth-order valence-electron chi connectivity index (χ4n) is 1.30. The summed E-state index contributed by atoms with van der Waals surface area (Å²) in [6.07, 6.45) is 1.57. The average molecular weight is 215 g/mol. The second kappa shape index (κ2) is 4.48. The Kier molecular flexibility index (Phi) is 2.86. The standard InChI is InChI=1S/C11H13N5/c1-13-10-9(12)7-14-11(16-10)15-8-5-3-2-4-6-8/h2-7H,12H2,1H3,(H2,13,14,15,16). The molecule has 5 heteroatoms. The van der Waals surface area contributed by atoms with Crippen LogP contribution in [0.5, 0.6) is 0 Å². The molecule has 0 aliphatic heterocycles. The molecule has 0 radical (unpaired) electrons. The quantitative estimate of drug-likeness (QED) is 0.728. The van der Waals surface area contributed by atoms with E-state index in [1.807, 2.05) is 30.3 Å². The summed E-state index contributed by atoms with van der Waals surface area (Å²) < 4.78 is 0. The number of nitrogens with one attached hydrogen (secondary N) is 2. The summed E-state index contributed by atoms with van der Waals surface area (Å²) >= 11 is 0. The largest absolute Gasteiger partial charge is 0.394 e. The fraction of sp³-hybridized carbons (Fsp3) is 0.0909. The molecule has 0 amide bonds. The fourth-order valence-corrected chi connectivity index (χ4v) is 1.30. The van der Waals surface area contributed by atoms with Crippen LogP contribution in [0.25, 0.3) is 0 Å². The van der Waals surface area contributed by atoms with Crippen LogP contribution in [0.2, 0.25) is 0 Å². The maximum absolute atomic E-state index is 5.68. The highest BCUT2D eigenvalue weighted by Gasteiger charge is 2.02. The Labute approximate surface area is 93.7 Å². The van der Waals surface area contributed by atoms with Gasteiger partial charge in [-0.05, 0) is 12.1 Å². The summed E-state index contributed by atoms with van der Waals surface area (Å²) in [6, 6.07) is 9.73. The topological polar surface area (TPSA) is 75.9 Å². The Balaban J connectivity index is 2.22. The van der Waals surface area contributed by atoms with Gasteiger partial charge in [0, 0.05) is 12.7 Å². The van der Waals surface area contributed by atoms with Gasteiger partial charge in [-0.1, -0.05) is 18.2 Å². The van der Waals surface area contributed by atoms with Crippen LogP contribution in [0, 0.1) is 0 Å². The molecule has 4 N–H and O–H groups in total. The van der Waals surface area contributed by atoms with Crippen LogP contribution in [0.4, 0.5) is 23.1 Å². The van der Waals surface area contributed by atoms with Gasteiger partial charge >= 0.3 is 0 Å². The molecule has 82 valence electrons. The molecule has 0 aliphatic carbocycles. The number of hydrogen-bond donors (Lipinski definition) is 3. The molecule has 1 aromatic heterocycles. The molecule has 1 aromatic carbocycles. The van der Waals surface area contributed by atoms with E-state index in [1.54, 1.807) is 13.2 Å². The number of nitrogen functional groups attached to an aromatic ring is 1. The number of rotatable bonds is 3. The van der Waals surface area contributed by atoms with Crippen molar-refractivity contribution in [3.8, 4) is 0 Å². The highest BCUT2D eigenvalue weighted by Crippen LogP contribution is 2.17. The van der Waals surface area contributed by atoms with Crippen LogP contribution >= 0.6 is 0 Å². The van der Waals surface area contributed by atoms with E-state index in [-0.39, 0.29) is 0 Å². The number of benzene rings is 1. The van der Waals surface area contributed by atoms with Crippen LogP contribution in [0.15, 0.2) is 36.5 Å². The Morgan fingerprint density at radius 3 is 2.62 bits per heavy atom. The lowest BCUT2D eigenvalue weighted by Gasteiger charge is -2.07. The van der Waals surface area contributed by atoms with E-state index >= 15 is 0 Å². The Hall–Kier alpha value is -2.30. The van der Waals surface area contributed by atoms with Gasteiger partial charge in [0.25, 0.3) is 0 Å². The first-order valence-corrected chi connectivity index (χ1v) is 4.92. The molecule has 5 nitrogen and oxygen atoms in total. The SMILES string of the molecule is CNc1nc(Nc2ccccc2)ncc1N. The van der Waals surface area contributed by atoms with Gasteiger partial charge in [-0.15, -0.1) is 0 Å². The second-order valence-corrected chi connectivity index (χ2v) is 3.24. The summed E-state index contributed by atoms with van der Waals surface area (Å²) in [4.78, 5) is 8.32. The lowest BCUT2D eigenvalue weighted by atomic mass is 10.3. The van der Waals surface area contributed by atoms with Crippen LogP contribution < -0.4 is 16.4 Å².